The Morgan fingerprint density at radius 1 is 1.07 bits per heavy atom. The van der Waals surface area contributed by atoms with E-state index in [4.69, 9.17) is 16.3 Å². The third-order valence-corrected chi connectivity index (χ3v) is 4.27. The fourth-order valence-corrected chi connectivity index (χ4v) is 2.65. The number of hydrogen-bond donors (Lipinski definition) is 1. The molecule has 1 heterocycles. The summed E-state index contributed by atoms with van der Waals surface area (Å²) in [5, 5.41) is 7.61. The Balaban J connectivity index is 1.54. The maximum absolute atomic E-state index is 12.1. The first-order valence-electron chi connectivity index (χ1n) is 8.81. The van der Waals surface area contributed by atoms with Crippen molar-refractivity contribution in [2.24, 2.45) is 0 Å². The van der Waals surface area contributed by atoms with Crippen molar-refractivity contribution < 1.29 is 9.53 Å². The van der Waals surface area contributed by atoms with Gasteiger partial charge in [0, 0.05) is 16.7 Å². The highest BCUT2D eigenvalue weighted by Crippen LogP contribution is 2.18. The molecule has 1 N–H and O–H groups in total. The summed E-state index contributed by atoms with van der Waals surface area (Å²) in [5.41, 5.74) is 2.21. The second kappa shape index (κ2) is 9.19. The number of amides is 1. The summed E-state index contributed by atoms with van der Waals surface area (Å²) in [6, 6.07) is 17.8. The molecule has 3 aromatic rings. The summed E-state index contributed by atoms with van der Waals surface area (Å²) in [6.07, 6.45) is 0. The van der Waals surface area contributed by atoms with Crippen molar-refractivity contribution in [1.29, 1.82) is 0 Å². The molecule has 0 aliphatic heterocycles. The number of aromatic nitrogens is 2. The average molecular weight is 398 g/mol. The molecule has 0 spiro atoms. The molecule has 1 aromatic heterocycles. The van der Waals surface area contributed by atoms with Gasteiger partial charge in [-0.2, -0.15) is 5.10 Å². The zero-order valence-corrected chi connectivity index (χ0v) is 16.1. The topological polar surface area (TPSA) is 73.2 Å². The zero-order chi connectivity index (χ0) is 19.9. The fourth-order valence-electron chi connectivity index (χ4n) is 2.52. The van der Waals surface area contributed by atoms with E-state index in [0.29, 0.717) is 23.9 Å². The standard InChI is InChI=1S/C21H20ClN3O3/c1-15-2-8-18(9-3-15)28-13-12-23-20(26)14-25-21(27)11-10-19(24-25)16-4-6-17(22)7-5-16/h2-11H,12-14H2,1H3,(H,23,26). The minimum atomic E-state index is -0.344. The van der Waals surface area contributed by atoms with Crippen LogP contribution < -0.4 is 15.6 Å². The van der Waals surface area contributed by atoms with Crippen LogP contribution in [0, 0.1) is 6.92 Å². The zero-order valence-electron chi connectivity index (χ0n) is 15.4. The second-order valence-electron chi connectivity index (χ2n) is 6.23. The first-order chi connectivity index (χ1) is 13.5. The third kappa shape index (κ3) is 5.44. The van der Waals surface area contributed by atoms with Crippen LogP contribution >= 0.6 is 11.6 Å². The van der Waals surface area contributed by atoms with Crippen molar-refractivity contribution in [2.45, 2.75) is 13.5 Å². The van der Waals surface area contributed by atoms with E-state index in [2.05, 4.69) is 10.4 Å². The number of halogens is 1. The maximum atomic E-state index is 12.1. The molecule has 0 radical (unpaired) electrons. The Bertz CT molecular complexity index is 999. The summed E-state index contributed by atoms with van der Waals surface area (Å²) in [6.45, 7) is 2.51. The lowest BCUT2D eigenvalue weighted by Crippen LogP contribution is -2.35. The third-order valence-electron chi connectivity index (χ3n) is 4.01. The highest BCUT2D eigenvalue weighted by atomic mass is 35.5. The largest absolute Gasteiger partial charge is 0.492 e. The van der Waals surface area contributed by atoms with Crippen LogP contribution in [0.15, 0.2) is 65.5 Å². The van der Waals surface area contributed by atoms with Crippen molar-refractivity contribution in [1.82, 2.24) is 15.1 Å². The molecule has 1 amide bonds. The number of ether oxygens (including phenoxy) is 1. The van der Waals surface area contributed by atoms with E-state index >= 15 is 0 Å². The van der Waals surface area contributed by atoms with Gasteiger partial charge in [-0.25, -0.2) is 4.68 Å². The van der Waals surface area contributed by atoms with Crippen molar-refractivity contribution >= 4 is 17.5 Å². The summed E-state index contributed by atoms with van der Waals surface area (Å²) < 4.78 is 6.70. The molecule has 0 saturated heterocycles. The molecular formula is C21H20ClN3O3. The van der Waals surface area contributed by atoms with Gasteiger partial charge in [-0.3, -0.25) is 9.59 Å². The molecule has 7 heteroatoms. The maximum Gasteiger partial charge on any atom is 0.267 e. The Morgan fingerprint density at radius 3 is 2.50 bits per heavy atom. The number of hydrogen-bond acceptors (Lipinski definition) is 4. The molecule has 28 heavy (non-hydrogen) atoms. The molecule has 3 rings (SSSR count). The monoisotopic (exact) mass is 397 g/mol. The molecule has 0 saturated carbocycles. The summed E-state index contributed by atoms with van der Waals surface area (Å²) >= 11 is 5.89. The predicted octanol–water partition coefficient (Wildman–Crippen LogP) is 3.07. The highest BCUT2D eigenvalue weighted by Gasteiger charge is 2.08. The Hall–Kier alpha value is -3.12. The van der Waals surface area contributed by atoms with Crippen molar-refractivity contribution in [3.05, 3.63) is 81.6 Å². The molecule has 144 valence electrons. The van der Waals surface area contributed by atoms with Gasteiger partial charge in [-0.1, -0.05) is 41.4 Å². The Morgan fingerprint density at radius 2 is 1.79 bits per heavy atom. The van der Waals surface area contributed by atoms with E-state index in [9.17, 15) is 9.59 Å². The summed E-state index contributed by atoms with van der Waals surface area (Å²) in [7, 11) is 0. The van der Waals surface area contributed by atoms with Gasteiger partial charge in [0.2, 0.25) is 5.91 Å². The van der Waals surface area contributed by atoms with Crippen LogP contribution in [0.5, 0.6) is 5.75 Å². The quantitative estimate of drug-likeness (QED) is 0.622. The van der Waals surface area contributed by atoms with Crippen LogP contribution in [-0.2, 0) is 11.3 Å². The van der Waals surface area contributed by atoms with E-state index in [1.54, 1.807) is 18.2 Å². The Labute approximate surface area is 167 Å². The van der Waals surface area contributed by atoms with E-state index in [1.807, 2.05) is 43.3 Å². The molecule has 0 aliphatic rings. The highest BCUT2D eigenvalue weighted by molar-refractivity contribution is 6.30. The number of benzene rings is 2. The number of nitrogens with one attached hydrogen (secondary N) is 1. The van der Waals surface area contributed by atoms with Crippen molar-refractivity contribution in [2.75, 3.05) is 13.2 Å². The minimum absolute atomic E-state index is 0.162. The molecule has 0 bridgehead atoms. The molecule has 2 aromatic carbocycles. The van der Waals surface area contributed by atoms with Gasteiger partial charge < -0.3 is 10.1 Å². The molecule has 6 nitrogen and oxygen atoms in total. The number of rotatable bonds is 7. The first kappa shape index (κ1) is 19.6. The Kier molecular flexibility index (Phi) is 6.45. The molecule has 0 fully saturated rings. The number of carbonyl (C=O) groups is 1. The van der Waals surface area contributed by atoms with Crippen LogP contribution in [0.4, 0.5) is 0 Å². The van der Waals surface area contributed by atoms with E-state index in [1.165, 1.54) is 6.07 Å². The lowest BCUT2D eigenvalue weighted by atomic mass is 10.1. The minimum Gasteiger partial charge on any atom is -0.492 e. The van der Waals surface area contributed by atoms with Crippen molar-refractivity contribution in [3.8, 4) is 17.0 Å². The average Bonchev–Trinajstić information content (AvgIpc) is 2.69. The van der Waals surface area contributed by atoms with Crippen LogP contribution in [0.2, 0.25) is 5.02 Å². The normalized spacial score (nSPS) is 10.5. The van der Waals surface area contributed by atoms with E-state index in [0.717, 1.165) is 21.6 Å². The second-order valence-corrected chi connectivity index (χ2v) is 6.67. The molecular weight excluding hydrogens is 378 g/mol. The van der Waals surface area contributed by atoms with Crippen molar-refractivity contribution in [3.63, 3.8) is 0 Å². The predicted molar refractivity (Wildman–Crippen MR) is 109 cm³/mol. The molecule has 0 aliphatic carbocycles. The lowest BCUT2D eigenvalue weighted by molar-refractivity contribution is -0.122. The van der Waals surface area contributed by atoms with Crippen LogP contribution in [0.25, 0.3) is 11.3 Å². The van der Waals surface area contributed by atoms with Gasteiger partial charge >= 0.3 is 0 Å². The fraction of sp³-hybridized carbons (Fsp3) is 0.190. The lowest BCUT2D eigenvalue weighted by Gasteiger charge is -2.09. The molecule has 0 unspecified atom stereocenters. The van der Waals surface area contributed by atoms with Crippen LogP contribution in [0.3, 0.4) is 0 Å². The van der Waals surface area contributed by atoms with Crippen LogP contribution in [-0.4, -0.2) is 28.8 Å². The molecule has 0 atom stereocenters. The number of aryl methyl sites for hydroxylation is 1. The van der Waals surface area contributed by atoms with Gasteiger partial charge in [0.05, 0.1) is 12.2 Å². The van der Waals surface area contributed by atoms with Gasteiger partial charge in [0.25, 0.3) is 5.56 Å². The SMILES string of the molecule is Cc1ccc(OCCNC(=O)Cn2nc(-c3ccc(Cl)cc3)ccc2=O)cc1. The summed E-state index contributed by atoms with van der Waals surface area (Å²) in [4.78, 5) is 24.1. The van der Waals surface area contributed by atoms with E-state index < -0.39 is 0 Å². The van der Waals surface area contributed by atoms with Gasteiger partial charge in [-0.05, 0) is 37.3 Å². The van der Waals surface area contributed by atoms with E-state index in [-0.39, 0.29) is 18.0 Å². The number of nitrogens with zero attached hydrogens (tertiary/aromatic N) is 2. The smallest absolute Gasteiger partial charge is 0.267 e. The van der Waals surface area contributed by atoms with Gasteiger partial charge in [0.15, 0.2) is 0 Å². The van der Waals surface area contributed by atoms with Gasteiger partial charge in [0.1, 0.15) is 18.9 Å². The number of carbonyl (C=O) groups excluding carboxylic acids is 1. The van der Waals surface area contributed by atoms with Crippen LogP contribution in [0.1, 0.15) is 5.56 Å². The van der Waals surface area contributed by atoms with Gasteiger partial charge in [-0.15, -0.1) is 0 Å². The first-order valence-corrected chi connectivity index (χ1v) is 9.19. The summed E-state index contributed by atoms with van der Waals surface area (Å²) in [5.74, 6) is 0.434.